The Bertz CT molecular complexity index is 2240. The first-order valence-corrected chi connectivity index (χ1v) is 23.4. The molecule has 4 aliphatic heterocycles. The molecule has 0 atom stereocenters. The molecule has 4 fully saturated rings. The van der Waals surface area contributed by atoms with Crippen molar-refractivity contribution in [3.63, 3.8) is 0 Å². The maximum Gasteiger partial charge on any atom is 0.303 e. The molecule has 15 nitrogen and oxygen atoms in total. The van der Waals surface area contributed by atoms with Gasteiger partial charge in [-0.2, -0.15) is 0 Å². The molecule has 0 unspecified atom stereocenters. The number of aliphatic carboxylic acids is 1. The molecule has 8 rings (SSSR count). The number of ether oxygens (including phenoxy) is 2. The van der Waals surface area contributed by atoms with Crippen molar-refractivity contribution >= 4 is 81.1 Å². The van der Waals surface area contributed by atoms with E-state index < -0.39 is 5.97 Å². The van der Waals surface area contributed by atoms with Crippen molar-refractivity contribution in [2.24, 2.45) is 16.6 Å². The molecule has 3 amide bonds. The van der Waals surface area contributed by atoms with Crippen LogP contribution in [0.4, 0.5) is 0 Å². The van der Waals surface area contributed by atoms with E-state index in [-0.39, 0.29) is 60.5 Å². The van der Waals surface area contributed by atoms with Gasteiger partial charge in [-0.1, -0.05) is 49.2 Å². The summed E-state index contributed by atoms with van der Waals surface area (Å²) in [5.41, 5.74) is 9.54. The topological polar surface area (TPSA) is 184 Å². The molecular formula is C48H65Cl3N8O7. The molecule has 360 valence electrons. The normalized spacial score (nSPS) is 18.5. The van der Waals surface area contributed by atoms with Crippen molar-refractivity contribution in [2.45, 2.75) is 65.5 Å². The van der Waals surface area contributed by atoms with Gasteiger partial charge in [0.2, 0.25) is 17.7 Å². The van der Waals surface area contributed by atoms with E-state index in [1.165, 1.54) is 0 Å². The molecule has 4 aliphatic rings. The number of hydrogen-bond donors (Lipinski definition) is 3. The second-order valence-electron chi connectivity index (χ2n) is 18.2. The lowest BCUT2D eigenvalue weighted by atomic mass is 9.79. The number of aromatic nitrogens is 2. The summed E-state index contributed by atoms with van der Waals surface area (Å²) in [7, 11) is 0. The number of halogens is 3. The highest BCUT2D eigenvalue weighted by Crippen LogP contribution is 2.34. The summed E-state index contributed by atoms with van der Waals surface area (Å²) < 4.78 is 10.5. The van der Waals surface area contributed by atoms with E-state index in [4.69, 9.17) is 43.5 Å². The highest BCUT2D eigenvalue weighted by atomic mass is 35.5. The van der Waals surface area contributed by atoms with Gasteiger partial charge in [0.25, 0.3) is 0 Å². The van der Waals surface area contributed by atoms with Crippen LogP contribution in [0.15, 0.2) is 60.9 Å². The molecule has 66 heavy (non-hydrogen) atoms. The number of nitrogens with one attached hydrogen (secondary N) is 1. The number of carboxylic acid groups (broad SMARTS) is 1. The van der Waals surface area contributed by atoms with Gasteiger partial charge in [0.05, 0.1) is 30.5 Å². The second-order valence-corrected chi connectivity index (χ2v) is 19.0. The predicted octanol–water partition coefficient (Wildman–Crippen LogP) is 6.05. The molecule has 0 radical (unpaired) electrons. The van der Waals surface area contributed by atoms with Crippen molar-refractivity contribution in [3.8, 4) is 0 Å². The van der Waals surface area contributed by atoms with Crippen molar-refractivity contribution in [3.05, 3.63) is 82.1 Å². The van der Waals surface area contributed by atoms with Gasteiger partial charge in [-0.25, -0.2) is 0 Å². The summed E-state index contributed by atoms with van der Waals surface area (Å²) in [6.45, 7) is 14.6. The monoisotopic (exact) mass is 970 g/mol. The summed E-state index contributed by atoms with van der Waals surface area (Å²) in [5, 5.41) is 14.9. The van der Waals surface area contributed by atoms with Gasteiger partial charge in [0.15, 0.2) is 0 Å². The van der Waals surface area contributed by atoms with E-state index in [1.54, 1.807) is 12.4 Å². The Kier molecular flexibility index (Phi) is 20.2. The van der Waals surface area contributed by atoms with E-state index in [9.17, 15) is 19.2 Å². The van der Waals surface area contributed by atoms with Gasteiger partial charge >= 0.3 is 5.97 Å². The van der Waals surface area contributed by atoms with E-state index >= 15 is 0 Å². The average molecular weight is 972 g/mol. The Morgan fingerprint density at radius 2 is 1.11 bits per heavy atom. The molecule has 4 N–H and O–H groups in total. The summed E-state index contributed by atoms with van der Waals surface area (Å²) >= 11 is 12.5. The van der Waals surface area contributed by atoms with Crippen LogP contribution in [-0.4, -0.2) is 150 Å². The summed E-state index contributed by atoms with van der Waals surface area (Å²) in [6, 6.07) is 15.7. The van der Waals surface area contributed by atoms with Crippen LogP contribution in [0.3, 0.4) is 0 Å². The van der Waals surface area contributed by atoms with E-state index in [1.807, 2.05) is 65.3 Å². The van der Waals surface area contributed by atoms with E-state index in [0.717, 1.165) is 116 Å². The number of nitrogens with two attached hydrogens (primary N) is 1. The molecule has 18 heteroatoms. The Morgan fingerprint density at radius 3 is 1.53 bits per heavy atom. The number of piperazine rings is 2. The first-order chi connectivity index (χ1) is 31.2. The summed E-state index contributed by atoms with van der Waals surface area (Å²) in [5.74, 6) is -0.754. The SMILES string of the molecule is CC1(CC(=O)NCC(=O)N2CCN(Cc3cc(Cl)cc4cccnc34)CC2)CCOCC1.CC1(CC(=O)O)CCOCC1.Cl.NCC(=O)N1CCN(Cc2cc(Cl)cc3cccnc23)CC1. The van der Waals surface area contributed by atoms with Gasteiger partial charge < -0.3 is 35.4 Å². The third-order valence-electron chi connectivity index (χ3n) is 12.9. The van der Waals surface area contributed by atoms with Crippen LogP contribution in [0.2, 0.25) is 10.0 Å². The zero-order valence-corrected chi connectivity index (χ0v) is 40.5. The smallest absolute Gasteiger partial charge is 0.303 e. The largest absolute Gasteiger partial charge is 0.481 e. The molecule has 2 aromatic heterocycles. The number of carbonyl (C=O) groups is 4. The van der Waals surface area contributed by atoms with Crippen LogP contribution in [0.25, 0.3) is 21.8 Å². The molecule has 0 saturated carbocycles. The van der Waals surface area contributed by atoms with Crippen molar-refractivity contribution in [1.29, 1.82) is 0 Å². The molecular weight excluding hydrogens is 907 g/mol. The average Bonchev–Trinajstić information content (AvgIpc) is 3.29. The van der Waals surface area contributed by atoms with Crippen molar-refractivity contribution in [1.82, 2.24) is 34.9 Å². The lowest BCUT2D eigenvalue weighted by Crippen LogP contribution is -2.51. The molecule has 2 aromatic carbocycles. The molecule has 0 aliphatic carbocycles. The molecule has 0 bridgehead atoms. The standard InChI is InChI=1S/C24H31ClN4O3.C16H19ClN4O.C8H14O3.ClH/c1-24(4-11-32-12-5-24)15-21(30)27-16-22(31)29-9-7-28(8-10-29)17-19-14-20(25)13-18-3-2-6-26-23(18)19;17-14-8-12-2-1-3-19-16(12)13(9-14)11-20-4-6-21(7-5-20)15(22)10-18;1-8(6-7(9)10)2-4-11-5-3-8;/h2-3,6,13-14H,4-5,7-12,15-17H2,1H3,(H,27,30);1-3,8-9H,4-7,10-11,18H2;2-6H2,1H3,(H,9,10);1H. The number of hydrogen-bond acceptors (Lipinski definition) is 11. The minimum Gasteiger partial charge on any atom is -0.481 e. The Morgan fingerprint density at radius 1 is 0.682 bits per heavy atom. The summed E-state index contributed by atoms with van der Waals surface area (Å²) in [4.78, 5) is 64.3. The number of amides is 3. The Hall–Kier alpha value is -4.19. The van der Waals surface area contributed by atoms with Gasteiger partial charge in [-0.15, -0.1) is 12.4 Å². The van der Waals surface area contributed by atoms with Crippen molar-refractivity contribution < 1.29 is 33.8 Å². The van der Waals surface area contributed by atoms with Crippen LogP contribution in [0.1, 0.15) is 63.5 Å². The number of pyridine rings is 2. The van der Waals surface area contributed by atoms with Crippen LogP contribution in [0, 0.1) is 10.8 Å². The minimum absolute atomic E-state index is 0. The van der Waals surface area contributed by atoms with E-state index in [0.29, 0.717) is 51.0 Å². The molecule has 0 spiro atoms. The number of carboxylic acids is 1. The first kappa shape index (κ1) is 52.8. The summed E-state index contributed by atoms with van der Waals surface area (Å²) in [6.07, 6.45) is 7.83. The van der Waals surface area contributed by atoms with Crippen LogP contribution >= 0.6 is 35.6 Å². The lowest BCUT2D eigenvalue weighted by Gasteiger charge is -2.35. The number of benzene rings is 2. The number of fused-ring (bicyclic) bond motifs is 2. The van der Waals surface area contributed by atoms with Crippen LogP contribution in [-0.2, 0) is 41.7 Å². The van der Waals surface area contributed by atoms with Gasteiger partial charge in [0.1, 0.15) is 0 Å². The van der Waals surface area contributed by atoms with E-state index in [2.05, 4.69) is 32.0 Å². The second kappa shape index (κ2) is 25.3. The molecule has 4 saturated heterocycles. The third kappa shape index (κ3) is 15.7. The fourth-order valence-corrected chi connectivity index (χ4v) is 9.30. The molecule has 6 heterocycles. The van der Waals surface area contributed by atoms with Gasteiger partial charge in [-0.3, -0.25) is 38.9 Å². The Labute approximate surface area is 404 Å². The van der Waals surface area contributed by atoms with Crippen molar-refractivity contribution in [2.75, 3.05) is 91.9 Å². The zero-order chi connectivity index (χ0) is 46.4. The zero-order valence-electron chi connectivity index (χ0n) is 38.2. The van der Waals surface area contributed by atoms with Crippen LogP contribution in [0.5, 0.6) is 0 Å². The third-order valence-corrected chi connectivity index (χ3v) is 13.3. The predicted molar refractivity (Wildman–Crippen MR) is 260 cm³/mol. The van der Waals surface area contributed by atoms with Gasteiger partial charge in [0, 0.05) is 132 Å². The first-order valence-electron chi connectivity index (χ1n) is 22.6. The fourth-order valence-electron chi connectivity index (χ4n) is 8.80. The molecule has 4 aromatic rings. The Balaban J connectivity index is 0.000000207. The van der Waals surface area contributed by atoms with Crippen LogP contribution < -0.4 is 11.1 Å². The quantitative estimate of drug-likeness (QED) is 0.159. The maximum absolute atomic E-state index is 12.6. The number of rotatable bonds is 11. The van der Waals surface area contributed by atoms with Gasteiger partial charge in [-0.05, 0) is 84.0 Å². The lowest BCUT2D eigenvalue weighted by molar-refractivity contribution is -0.141. The highest BCUT2D eigenvalue weighted by Gasteiger charge is 2.31. The maximum atomic E-state index is 12.6. The number of nitrogens with zero attached hydrogens (tertiary/aromatic N) is 6. The minimum atomic E-state index is -0.700. The fraction of sp³-hybridized carbons (Fsp3) is 0.542. The number of carbonyl (C=O) groups excluding carboxylic acids is 3. The highest BCUT2D eigenvalue weighted by molar-refractivity contribution is 6.31.